The maximum absolute atomic E-state index is 10.6. The predicted octanol–water partition coefficient (Wildman–Crippen LogP) is -2.90. The van der Waals surface area contributed by atoms with Crippen LogP contribution in [-0.2, 0) is 20.6 Å². The van der Waals surface area contributed by atoms with Crippen molar-refractivity contribution in [3.8, 4) is 0 Å². The molecule has 0 saturated heterocycles. The van der Waals surface area contributed by atoms with Crippen LogP contribution in [0.5, 0.6) is 0 Å². The Labute approximate surface area is 97.4 Å². The van der Waals surface area contributed by atoms with Crippen LogP contribution in [0.15, 0.2) is 12.2 Å². The van der Waals surface area contributed by atoms with Crippen molar-refractivity contribution < 1.29 is 49.3 Å². The molecule has 0 aliphatic carbocycles. The molecule has 0 amide bonds. The van der Waals surface area contributed by atoms with Gasteiger partial charge in [0, 0.05) is 11.3 Å². The van der Waals surface area contributed by atoms with Crippen LogP contribution >= 0.6 is 0 Å². The van der Waals surface area contributed by atoms with E-state index in [1.165, 1.54) is 6.92 Å². The molecule has 1 atom stereocenters. The molecule has 0 N–H and O–H groups in total. The summed E-state index contributed by atoms with van der Waals surface area (Å²) in [4.78, 5) is 10.6. The van der Waals surface area contributed by atoms with Gasteiger partial charge in [-0.2, -0.15) is 0 Å². The van der Waals surface area contributed by atoms with E-state index in [0.717, 1.165) is 0 Å². The fraction of sp³-hybridized carbons (Fsp3) is 0.500. The van der Waals surface area contributed by atoms with E-state index in [-0.39, 0.29) is 48.9 Å². The van der Waals surface area contributed by atoms with E-state index in [1.54, 1.807) is 0 Å². The summed E-state index contributed by atoms with van der Waals surface area (Å²) in [5.74, 6) is -0.727. The first-order valence-electron chi connectivity index (χ1n) is 2.92. The molecule has 0 rings (SSSR count). The second-order valence-electron chi connectivity index (χ2n) is 1.92. The molecule has 6 heteroatoms. The molecule has 0 aliphatic heterocycles. The third-order valence-electron chi connectivity index (χ3n) is 0.832. The third kappa shape index (κ3) is 8.42. The summed E-state index contributed by atoms with van der Waals surface area (Å²) in [5.41, 5.74) is 0.265. The molecular formula is C6H10NaO4S-. The van der Waals surface area contributed by atoms with Crippen molar-refractivity contribution in [2.45, 2.75) is 6.92 Å². The van der Waals surface area contributed by atoms with Crippen LogP contribution in [0.3, 0.4) is 0 Å². The van der Waals surface area contributed by atoms with Crippen LogP contribution in [0.4, 0.5) is 0 Å². The molecule has 0 spiro atoms. The minimum Gasteiger partial charge on any atom is -1.00 e. The molecule has 4 nitrogen and oxygen atoms in total. The molecule has 0 heterocycles. The van der Waals surface area contributed by atoms with Gasteiger partial charge in [0.25, 0.3) is 0 Å². The Morgan fingerprint density at radius 2 is 2.25 bits per heavy atom. The van der Waals surface area contributed by atoms with Gasteiger partial charge in [0.1, 0.15) is 6.61 Å². The number of ether oxygens (including phenoxy) is 1. The smallest absolute Gasteiger partial charge is 1.00 e. The summed E-state index contributed by atoms with van der Waals surface area (Å²) < 4.78 is 24.4. The fourth-order valence-electron chi connectivity index (χ4n) is 0.326. The topological polar surface area (TPSA) is 66.4 Å². The van der Waals surface area contributed by atoms with Gasteiger partial charge >= 0.3 is 35.5 Å². The molecule has 0 bridgehead atoms. The van der Waals surface area contributed by atoms with Gasteiger partial charge in [-0.3, -0.25) is 4.21 Å². The molecule has 0 aromatic carbocycles. The molecule has 0 saturated carbocycles. The second-order valence-corrected chi connectivity index (χ2v) is 2.94. The minimum absolute atomic E-state index is 0. The first-order chi connectivity index (χ1) is 5.04. The quantitative estimate of drug-likeness (QED) is 0.212. The molecule has 0 aromatic rings. The van der Waals surface area contributed by atoms with Crippen molar-refractivity contribution in [3.05, 3.63) is 12.2 Å². The van der Waals surface area contributed by atoms with Crippen molar-refractivity contribution >= 4 is 17.0 Å². The van der Waals surface area contributed by atoms with Gasteiger partial charge in [0.05, 0.1) is 0 Å². The van der Waals surface area contributed by atoms with E-state index in [0.29, 0.717) is 0 Å². The van der Waals surface area contributed by atoms with E-state index in [9.17, 15) is 13.6 Å². The van der Waals surface area contributed by atoms with Gasteiger partial charge in [0.15, 0.2) is 0 Å². The maximum Gasteiger partial charge on any atom is 1.00 e. The summed E-state index contributed by atoms with van der Waals surface area (Å²) in [6.07, 6.45) is 0. The zero-order chi connectivity index (χ0) is 8.85. The Bertz CT molecular complexity index is 197. The van der Waals surface area contributed by atoms with Gasteiger partial charge in [-0.25, -0.2) is 4.79 Å². The van der Waals surface area contributed by atoms with Crippen LogP contribution in [-0.4, -0.2) is 27.1 Å². The Hall–Kier alpha value is 0.320. The SMILES string of the molecule is C=C(C)C(=O)OCCS(=O)[O-].[H-].[Na+]. The minimum atomic E-state index is -2.15. The average Bonchev–Trinajstić information content (AvgIpc) is 1.86. The monoisotopic (exact) mass is 201 g/mol. The Morgan fingerprint density at radius 1 is 1.75 bits per heavy atom. The van der Waals surface area contributed by atoms with Crippen LogP contribution in [0.2, 0.25) is 0 Å². The van der Waals surface area contributed by atoms with E-state index in [1.807, 2.05) is 0 Å². The summed E-state index contributed by atoms with van der Waals surface area (Å²) in [6.45, 7) is 4.71. The van der Waals surface area contributed by atoms with E-state index in [4.69, 9.17) is 0 Å². The molecule has 0 radical (unpaired) electrons. The van der Waals surface area contributed by atoms with Gasteiger partial charge in [0.2, 0.25) is 0 Å². The zero-order valence-corrected chi connectivity index (χ0v) is 9.98. The van der Waals surface area contributed by atoms with Crippen molar-refractivity contribution in [1.82, 2.24) is 0 Å². The summed E-state index contributed by atoms with van der Waals surface area (Å²) >= 11 is -2.15. The normalized spacial score (nSPS) is 11.2. The molecule has 0 aromatic heterocycles. The van der Waals surface area contributed by atoms with E-state index < -0.39 is 17.0 Å². The number of hydrogen-bond donors (Lipinski definition) is 0. The van der Waals surface area contributed by atoms with Crippen molar-refractivity contribution in [1.29, 1.82) is 0 Å². The van der Waals surface area contributed by atoms with Gasteiger partial charge in [-0.05, 0) is 6.92 Å². The number of hydrogen-bond acceptors (Lipinski definition) is 4. The van der Waals surface area contributed by atoms with E-state index >= 15 is 0 Å². The first kappa shape index (κ1) is 14.8. The largest absolute Gasteiger partial charge is 1.00 e. The Balaban J connectivity index is -0.000000500. The number of esters is 1. The van der Waals surface area contributed by atoms with Crippen molar-refractivity contribution in [2.24, 2.45) is 0 Å². The van der Waals surface area contributed by atoms with Gasteiger partial charge in [-0.1, -0.05) is 17.7 Å². The predicted molar refractivity (Wildman–Crippen MR) is 40.7 cm³/mol. The average molecular weight is 201 g/mol. The first-order valence-corrected chi connectivity index (χ1v) is 4.17. The summed E-state index contributed by atoms with van der Waals surface area (Å²) in [5, 5.41) is 0. The number of carbonyl (C=O) groups excluding carboxylic acids is 1. The zero-order valence-electron chi connectivity index (χ0n) is 8.16. The molecule has 1 unspecified atom stereocenters. The van der Waals surface area contributed by atoms with Crippen LogP contribution in [0, 0.1) is 0 Å². The van der Waals surface area contributed by atoms with Crippen molar-refractivity contribution in [2.75, 3.05) is 12.4 Å². The number of carbonyl (C=O) groups is 1. The van der Waals surface area contributed by atoms with Crippen molar-refractivity contribution in [3.63, 3.8) is 0 Å². The fourth-order valence-corrected chi connectivity index (χ4v) is 0.545. The molecule has 12 heavy (non-hydrogen) atoms. The summed E-state index contributed by atoms with van der Waals surface area (Å²) in [6, 6.07) is 0. The Morgan fingerprint density at radius 3 is 2.58 bits per heavy atom. The molecule has 0 aliphatic rings. The molecule has 66 valence electrons. The standard InChI is InChI=1S/C6H10O4S.Na.H/c1-5(2)6(7)10-3-4-11(8)9;;/h1,3-4H2,2H3,(H,8,9);;/q;+1;-1/p-1. The van der Waals surface area contributed by atoms with Gasteiger partial charge in [-0.15, -0.1) is 0 Å². The van der Waals surface area contributed by atoms with Crippen LogP contribution in [0.1, 0.15) is 8.35 Å². The van der Waals surface area contributed by atoms with Gasteiger partial charge < -0.3 is 10.7 Å². The number of rotatable bonds is 4. The Kier molecular flexibility index (Phi) is 9.81. The van der Waals surface area contributed by atoms with Crippen LogP contribution < -0.4 is 29.6 Å². The van der Waals surface area contributed by atoms with Crippen LogP contribution in [0.25, 0.3) is 0 Å². The third-order valence-corrected chi connectivity index (χ3v) is 1.33. The van der Waals surface area contributed by atoms with E-state index in [2.05, 4.69) is 11.3 Å². The second kappa shape index (κ2) is 7.94. The summed E-state index contributed by atoms with van der Waals surface area (Å²) in [7, 11) is 0. The molecule has 0 fully saturated rings. The maximum atomic E-state index is 10.6. The molecular weight excluding hydrogens is 191 g/mol.